The van der Waals surface area contributed by atoms with E-state index in [1.165, 1.54) is 0 Å². The van der Waals surface area contributed by atoms with Gasteiger partial charge >= 0.3 is 12.1 Å². The van der Waals surface area contributed by atoms with E-state index in [0.29, 0.717) is 0 Å². The van der Waals surface area contributed by atoms with Crippen molar-refractivity contribution in [3.63, 3.8) is 0 Å². The molecule has 0 amide bonds. The highest BCUT2D eigenvalue weighted by Gasteiger charge is 2.55. The number of carboxylic acids is 1. The maximum absolute atomic E-state index is 12.2. The standard InChI is InChI=1S/C6H7F3O4S/c7-6(8,9)4-2-14(12,13)1-3(4)5(10)11/h3-4H,1-2H2,(H,10,11)/t3-,4+/m0/s1. The largest absolute Gasteiger partial charge is 0.481 e. The van der Waals surface area contributed by atoms with Crippen molar-refractivity contribution in [2.45, 2.75) is 6.18 Å². The Morgan fingerprint density at radius 3 is 2.07 bits per heavy atom. The second-order valence-electron chi connectivity index (χ2n) is 3.17. The van der Waals surface area contributed by atoms with E-state index < -0.39 is 45.3 Å². The van der Waals surface area contributed by atoms with Gasteiger partial charge in [-0.15, -0.1) is 0 Å². The minimum absolute atomic E-state index is 0.924. The summed E-state index contributed by atoms with van der Waals surface area (Å²) in [5.41, 5.74) is 0. The lowest BCUT2D eigenvalue weighted by Gasteiger charge is -2.16. The topological polar surface area (TPSA) is 71.4 Å². The molecule has 0 radical (unpaired) electrons. The van der Waals surface area contributed by atoms with Crippen molar-refractivity contribution in [2.75, 3.05) is 11.5 Å². The van der Waals surface area contributed by atoms with Gasteiger partial charge in [-0.1, -0.05) is 0 Å². The molecule has 1 rings (SSSR count). The van der Waals surface area contributed by atoms with Crippen LogP contribution in [0.3, 0.4) is 0 Å². The summed E-state index contributed by atoms with van der Waals surface area (Å²) in [6, 6.07) is 0. The van der Waals surface area contributed by atoms with Gasteiger partial charge < -0.3 is 5.11 Å². The smallest absolute Gasteiger partial charge is 0.393 e. The number of carbonyl (C=O) groups is 1. The molecule has 4 nitrogen and oxygen atoms in total. The molecule has 0 aromatic rings. The fourth-order valence-electron chi connectivity index (χ4n) is 1.41. The van der Waals surface area contributed by atoms with Crippen LogP contribution in [0.15, 0.2) is 0 Å². The van der Waals surface area contributed by atoms with Crippen LogP contribution >= 0.6 is 0 Å². The number of carboxylic acid groups (broad SMARTS) is 1. The zero-order chi connectivity index (χ0) is 11.1. The molecular formula is C6H7F3O4S. The van der Waals surface area contributed by atoms with Crippen molar-refractivity contribution < 1.29 is 31.5 Å². The number of hydrogen-bond acceptors (Lipinski definition) is 3. The van der Waals surface area contributed by atoms with Crippen molar-refractivity contribution in [2.24, 2.45) is 11.8 Å². The summed E-state index contributed by atoms with van der Waals surface area (Å²) in [4.78, 5) is 10.4. The molecule has 1 heterocycles. The third kappa shape index (κ3) is 2.17. The van der Waals surface area contributed by atoms with Gasteiger partial charge in [0.15, 0.2) is 9.84 Å². The van der Waals surface area contributed by atoms with Gasteiger partial charge in [-0.3, -0.25) is 4.79 Å². The SMILES string of the molecule is O=C(O)[C@H]1CS(=O)(=O)C[C@H]1C(F)(F)F. The average Bonchev–Trinajstić information content (AvgIpc) is 2.24. The third-order valence-electron chi connectivity index (χ3n) is 2.09. The highest BCUT2D eigenvalue weighted by atomic mass is 32.2. The molecule has 1 aliphatic rings. The van der Waals surface area contributed by atoms with Crippen LogP contribution in [0.1, 0.15) is 0 Å². The highest BCUT2D eigenvalue weighted by molar-refractivity contribution is 7.91. The lowest BCUT2D eigenvalue weighted by molar-refractivity contribution is -0.186. The Hall–Kier alpha value is -0.790. The molecule has 2 atom stereocenters. The number of halogens is 3. The molecule has 1 aliphatic heterocycles. The van der Waals surface area contributed by atoms with Gasteiger partial charge in [0.1, 0.15) is 0 Å². The number of sulfone groups is 1. The van der Waals surface area contributed by atoms with Crippen LogP contribution in [0, 0.1) is 11.8 Å². The minimum atomic E-state index is -4.77. The predicted octanol–water partition coefficient (Wildman–Crippen LogP) is 0.294. The summed E-state index contributed by atoms with van der Waals surface area (Å²) < 4.78 is 58.2. The van der Waals surface area contributed by atoms with E-state index in [1.54, 1.807) is 0 Å². The molecule has 1 fully saturated rings. The maximum atomic E-state index is 12.2. The van der Waals surface area contributed by atoms with Crippen LogP contribution in [-0.4, -0.2) is 37.2 Å². The van der Waals surface area contributed by atoms with Crippen molar-refractivity contribution in [3.05, 3.63) is 0 Å². The molecule has 82 valence electrons. The molecule has 14 heavy (non-hydrogen) atoms. The van der Waals surface area contributed by atoms with Crippen molar-refractivity contribution in [1.82, 2.24) is 0 Å². The van der Waals surface area contributed by atoms with Crippen LogP contribution in [0.5, 0.6) is 0 Å². The van der Waals surface area contributed by atoms with E-state index in [2.05, 4.69) is 0 Å². The Bertz CT molecular complexity index is 345. The Morgan fingerprint density at radius 2 is 1.79 bits per heavy atom. The van der Waals surface area contributed by atoms with E-state index in [9.17, 15) is 26.4 Å². The zero-order valence-electron chi connectivity index (χ0n) is 6.78. The second-order valence-corrected chi connectivity index (χ2v) is 5.32. The van der Waals surface area contributed by atoms with E-state index in [4.69, 9.17) is 5.11 Å². The quantitative estimate of drug-likeness (QED) is 0.705. The molecular weight excluding hydrogens is 225 g/mol. The summed E-state index contributed by atoms with van der Waals surface area (Å²) in [6.07, 6.45) is -4.77. The lowest BCUT2D eigenvalue weighted by atomic mass is 9.96. The summed E-state index contributed by atoms with van der Waals surface area (Å²) in [7, 11) is -3.87. The first-order chi connectivity index (χ1) is 6.13. The first-order valence-corrected chi connectivity index (χ1v) is 5.45. The molecule has 0 aromatic carbocycles. The van der Waals surface area contributed by atoms with Crippen LogP contribution in [-0.2, 0) is 14.6 Å². The molecule has 0 unspecified atom stereocenters. The van der Waals surface area contributed by atoms with Gasteiger partial charge in [-0.25, -0.2) is 8.42 Å². The highest BCUT2D eigenvalue weighted by Crippen LogP contribution is 2.38. The van der Waals surface area contributed by atoms with E-state index in [0.717, 1.165) is 0 Å². The van der Waals surface area contributed by atoms with Crippen LogP contribution in [0.2, 0.25) is 0 Å². The fourth-order valence-corrected chi connectivity index (χ4v) is 3.44. The number of hydrogen-bond donors (Lipinski definition) is 1. The van der Waals surface area contributed by atoms with Gasteiger partial charge in [-0.2, -0.15) is 13.2 Å². The van der Waals surface area contributed by atoms with Crippen LogP contribution < -0.4 is 0 Å². The molecule has 1 saturated heterocycles. The first kappa shape index (κ1) is 11.3. The number of aliphatic carboxylic acids is 1. The normalized spacial score (nSPS) is 31.6. The number of alkyl halides is 3. The first-order valence-electron chi connectivity index (χ1n) is 3.63. The Kier molecular flexibility index (Phi) is 2.51. The van der Waals surface area contributed by atoms with E-state index in [-0.39, 0.29) is 0 Å². The Balaban J connectivity index is 3.01. The van der Waals surface area contributed by atoms with Crippen LogP contribution in [0.4, 0.5) is 13.2 Å². The fraction of sp³-hybridized carbons (Fsp3) is 0.833. The summed E-state index contributed by atoms with van der Waals surface area (Å²) in [6.45, 7) is 0. The molecule has 8 heteroatoms. The van der Waals surface area contributed by atoms with Crippen molar-refractivity contribution in [3.8, 4) is 0 Å². The van der Waals surface area contributed by atoms with Gasteiger partial charge in [-0.05, 0) is 0 Å². The summed E-state index contributed by atoms with van der Waals surface area (Å²) >= 11 is 0. The van der Waals surface area contributed by atoms with Gasteiger partial charge in [0.25, 0.3) is 0 Å². The van der Waals surface area contributed by atoms with Gasteiger partial charge in [0, 0.05) is 0 Å². The van der Waals surface area contributed by atoms with Gasteiger partial charge in [0.2, 0.25) is 0 Å². The molecule has 0 bridgehead atoms. The molecule has 0 aliphatic carbocycles. The monoisotopic (exact) mass is 232 g/mol. The summed E-state index contributed by atoms with van der Waals surface area (Å²) in [5, 5.41) is 8.41. The average molecular weight is 232 g/mol. The van der Waals surface area contributed by atoms with Gasteiger partial charge in [0.05, 0.1) is 23.3 Å². The third-order valence-corrected chi connectivity index (χ3v) is 3.82. The predicted molar refractivity (Wildman–Crippen MR) is 39.3 cm³/mol. The maximum Gasteiger partial charge on any atom is 0.393 e. The Morgan fingerprint density at radius 1 is 1.29 bits per heavy atom. The van der Waals surface area contributed by atoms with Crippen molar-refractivity contribution >= 4 is 15.8 Å². The molecule has 1 N–H and O–H groups in total. The van der Waals surface area contributed by atoms with E-state index in [1.807, 2.05) is 0 Å². The zero-order valence-corrected chi connectivity index (χ0v) is 7.60. The summed E-state index contributed by atoms with van der Waals surface area (Å²) in [5.74, 6) is -7.89. The van der Waals surface area contributed by atoms with Crippen molar-refractivity contribution in [1.29, 1.82) is 0 Å². The van der Waals surface area contributed by atoms with E-state index >= 15 is 0 Å². The molecule has 0 saturated carbocycles. The second kappa shape index (κ2) is 3.11. The molecule has 0 spiro atoms. The number of rotatable bonds is 1. The Labute approximate surface area is 77.6 Å². The van der Waals surface area contributed by atoms with Crippen LogP contribution in [0.25, 0.3) is 0 Å². The lowest BCUT2D eigenvalue weighted by Crippen LogP contribution is -2.33. The molecule has 0 aromatic heterocycles. The minimum Gasteiger partial charge on any atom is -0.481 e.